The largest absolute Gasteiger partial charge is 0.427 e. The van der Waals surface area contributed by atoms with Crippen molar-refractivity contribution in [3.63, 3.8) is 0 Å². The van der Waals surface area contributed by atoms with Crippen molar-refractivity contribution in [3.05, 3.63) is 35.9 Å². The van der Waals surface area contributed by atoms with Gasteiger partial charge in [0.1, 0.15) is 5.75 Å². The van der Waals surface area contributed by atoms with E-state index in [4.69, 9.17) is 4.74 Å². The molecule has 0 fully saturated rings. The summed E-state index contributed by atoms with van der Waals surface area (Å²) in [6, 6.07) is 8.03. The molecule has 1 aromatic rings. The maximum Gasteiger partial charge on any atom is 0.311 e. The minimum Gasteiger partial charge on any atom is -0.427 e. The van der Waals surface area contributed by atoms with Gasteiger partial charge in [0, 0.05) is 6.42 Å². The fourth-order valence-electron chi connectivity index (χ4n) is 3.31. The zero-order chi connectivity index (χ0) is 17.2. The van der Waals surface area contributed by atoms with Gasteiger partial charge in [0.15, 0.2) is 0 Å². The van der Waals surface area contributed by atoms with Crippen molar-refractivity contribution in [3.8, 4) is 5.75 Å². The molecular formula is C22H32O2. The maximum absolute atomic E-state index is 11.9. The van der Waals surface area contributed by atoms with Crippen molar-refractivity contribution < 1.29 is 9.53 Å². The van der Waals surface area contributed by atoms with Crippen molar-refractivity contribution in [1.29, 1.82) is 0 Å². The normalized spacial score (nSPS) is 17.4. The Bertz CT molecular complexity index is 527. The van der Waals surface area contributed by atoms with Crippen LogP contribution in [0.3, 0.4) is 0 Å². The van der Waals surface area contributed by atoms with E-state index in [0.29, 0.717) is 12.2 Å². The van der Waals surface area contributed by atoms with E-state index in [1.807, 2.05) is 12.1 Å². The first-order valence-electron chi connectivity index (χ1n) is 9.73. The molecule has 0 saturated heterocycles. The lowest BCUT2D eigenvalue weighted by Crippen LogP contribution is -2.07. The summed E-state index contributed by atoms with van der Waals surface area (Å²) in [4.78, 5) is 11.9. The molecule has 0 radical (unpaired) electrons. The summed E-state index contributed by atoms with van der Waals surface area (Å²) in [5.74, 6) is 1.41. The molecule has 0 N–H and O–H groups in total. The first kappa shape index (κ1) is 18.8. The second-order valence-electron chi connectivity index (χ2n) is 6.94. The lowest BCUT2D eigenvalue weighted by Gasteiger charge is -2.20. The van der Waals surface area contributed by atoms with Crippen LogP contribution in [-0.4, -0.2) is 5.97 Å². The molecule has 0 aliphatic heterocycles. The van der Waals surface area contributed by atoms with E-state index >= 15 is 0 Å². The Kier molecular flexibility index (Phi) is 8.07. The number of allylic oxidation sites excluding steroid dienone is 2. The molecule has 2 nitrogen and oxygen atoms in total. The smallest absolute Gasteiger partial charge is 0.311 e. The van der Waals surface area contributed by atoms with Crippen LogP contribution in [0.2, 0.25) is 0 Å². The number of esters is 1. The number of hydrogen-bond donors (Lipinski definition) is 0. The summed E-state index contributed by atoms with van der Waals surface area (Å²) in [6.45, 7) is 4.47. The van der Waals surface area contributed by atoms with Gasteiger partial charge in [-0.2, -0.15) is 0 Å². The van der Waals surface area contributed by atoms with E-state index in [0.717, 1.165) is 25.2 Å². The predicted molar refractivity (Wildman–Crippen MR) is 101 cm³/mol. The van der Waals surface area contributed by atoms with E-state index in [9.17, 15) is 4.79 Å². The van der Waals surface area contributed by atoms with Crippen LogP contribution in [0.4, 0.5) is 0 Å². The third-order valence-electron chi connectivity index (χ3n) is 5.04. The highest BCUT2D eigenvalue weighted by atomic mass is 16.5. The van der Waals surface area contributed by atoms with Crippen LogP contribution in [0.15, 0.2) is 30.3 Å². The van der Waals surface area contributed by atoms with Crippen LogP contribution in [0.1, 0.15) is 83.6 Å². The maximum atomic E-state index is 11.9. The average Bonchev–Trinajstić information content (AvgIpc) is 2.62. The lowest BCUT2D eigenvalue weighted by atomic mass is 9.85. The molecule has 0 heterocycles. The number of carbonyl (C=O) groups excluding carboxylic acids is 1. The summed E-state index contributed by atoms with van der Waals surface area (Å²) >= 11 is 0. The third kappa shape index (κ3) is 6.14. The van der Waals surface area contributed by atoms with Gasteiger partial charge in [-0.1, -0.05) is 64.2 Å². The summed E-state index contributed by atoms with van der Waals surface area (Å²) in [6.07, 6.45) is 13.6. The number of ether oxygens (including phenoxy) is 1. The number of benzene rings is 1. The van der Waals surface area contributed by atoms with Gasteiger partial charge in [-0.25, -0.2) is 0 Å². The molecule has 1 aromatic carbocycles. The van der Waals surface area contributed by atoms with E-state index in [2.05, 4.69) is 32.1 Å². The zero-order valence-electron chi connectivity index (χ0n) is 15.4. The summed E-state index contributed by atoms with van der Waals surface area (Å²) in [5.41, 5.74) is 2.71. The molecule has 1 aliphatic rings. The molecule has 0 spiro atoms. The van der Waals surface area contributed by atoms with Crippen LogP contribution < -0.4 is 4.74 Å². The van der Waals surface area contributed by atoms with Crippen molar-refractivity contribution in [2.45, 2.75) is 78.1 Å². The molecule has 0 bridgehead atoms. The Morgan fingerprint density at radius 2 is 1.83 bits per heavy atom. The molecule has 2 heteroatoms. The highest BCUT2D eigenvalue weighted by Crippen LogP contribution is 2.32. The average molecular weight is 328 g/mol. The van der Waals surface area contributed by atoms with Gasteiger partial charge in [0.25, 0.3) is 0 Å². The fraction of sp³-hybridized carbons (Fsp3) is 0.591. The summed E-state index contributed by atoms with van der Waals surface area (Å²) < 4.78 is 5.44. The SMILES string of the molecule is CCCCCCCC(=O)Oc1ccc(C2=CCC(CC)CC2)cc1. The first-order chi connectivity index (χ1) is 11.7. The van der Waals surface area contributed by atoms with Crippen LogP contribution in [0, 0.1) is 5.92 Å². The molecule has 1 aliphatic carbocycles. The van der Waals surface area contributed by atoms with Gasteiger partial charge in [0.2, 0.25) is 0 Å². The van der Waals surface area contributed by atoms with Crippen molar-refractivity contribution >= 4 is 11.5 Å². The second-order valence-corrected chi connectivity index (χ2v) is 6.94. The highest BCUT2D eigenvalue weighted by Gasteiger charge is 2.14. The molecule has 1 atom stereocenters. The Balaban J connectivity index is 1.77. The molecular weight excluding hydrogens is 296 g/mol. The molecule has 0 saturated carbocycles. The van der Waals surface area contributed by atoms with Gasteiger partial charge < -0.3 is 4.74 Å². The Labute approximate surface area is 147 Å². The monoisotopic (exact) mass is 328 g/mol. The highest BCUT2D eigenvalue weighted by molar-refractivity contribution is 5.73. The number of unbranched alkanes of at least 4 members (excludes halogenated alkanes) is 4. The van der Waals surface area contributed by atoms with Crippen LogP contribution in [-0.2, 0) is 4.79 Å². The second kappa shape index (κ2) is 10.3. The molecule has 132 valence electrons. The van der Waals surface area contributed by atoms with Gasteiger partial charge >= 0.3 is 5.97 Å². The Morgan fingerprint density at radius 1 is 1.08 bits per heavy atom. The van der Waals surface area contributed by atoms with E-state index in [1.54, 1.807) is 0 Å². The Hall–Kier alpha value is -1.57. The zero-order valence-corrected chi connectivity index (χ0v) is 15.4. The van der Waals surface area contributed by atoms with Crippen molar-refractivity contribution in [2.24, 2.45) is 5.92 Å². The van der Waals surface area contributed by atoms with Crippen LogP contribution in [0.5, 0.6) is 5.75 Å². The van der Waals surface area contributed by atoms with Gasteiger partial charge in [-0.3, -0.25) is 4.79 Å². The fourth-order valence-corrected chi connectivity index (χ4v) is 3.31. The number of carbonyl (C=O) groups is 1. The molecule has 2 rings (SSSR count). The quantitative estimate of drug-likeness (QED) is 0.292. The first-order valence-corrected chi connectivity index (χ1v) is 9.73. The molecule has 1 unspecified atom stereocenters. The summed E-state index contributed by atoms with van der Waals surface area (Å²) in [5, 5.41) is 0. The van der Waals surface area contributed by atoms with Gasteiger partial charge in [0.05, 0.1) is 0 Å². The van der Waals surface area contributed by atoms with Crippen molar-refractivity contribution in [2.75, 3.05) is 0 Å². The topological polar surface area (TPSA) is 26.3 Å². The third-order valence-corrected chi connectivity index (χ3v) is 5.04. The number of rotatable bonds is 9. The Morgan fingerprint density at radius 3 is 2.46 bits per heavy atom. The minimum atomic E-state index is -0.109. The van der Waals surface area contributed by atoms with Crippen molar-refractivity contribution in [1.82, 2.24) is 0 Å². The summed E-state index contributed by atoms with van der Waals surface area (Å²) in [7, 11) is 0. The van der Waals surface area contributed by atoms with E-state index in [1.165, 1.54) is 49.7 Å². The van der Waals surface area contributed by atoms with Crippen LogP contribution >= 0.6 is 0 Å². The van der Waals surface area contributed by atoms with Gasteiger partial charge in [-0.05, 0) is 54.9 Å². The lowest BCUT2D eigenvalue weighted by molar-refractivity contribution is -0.134. The van der Waals surface area contributed by atoms with E-state index in [-0.39, 0.29) is 5.97 Å². The molecule has 0 amide bonds. The minimum absolute atomic E-state index is 0.109. The van der Waals surface area contributed by atoms with E-state index < -0.39 is 0 Å². The standard InChI is InChI=1S/C22H32O2/c1-3-5-6-7-8-9-22(23)24-21-16-14-20(15-17-21)19-12-10-18(4-2)11-13-19/h12,14-18H,3-11,13H2,1-2H3. The predicted octanol–water partition coefficient (Wildman–Crippen LogP) is 6.55. The molecule has 24 heavy (non-hydrogen) atoms. The number of hydrogen-bond acceptors (Lipinski definition) is 2. The van der Waals surface area contributed by atoms with Gasteiger partial charge in [-0.15, -0.1) is 0 Å². The van der Waals surface area contributed by atoms with Crippen LogP contribution in [0.25, 0.3) is 5.57 Å². The molecule has 0 aromatic heterocycles.